The van der Waals surface area contributed by atoms with Crippen LogP contribution < -0.4 is 0 Å². The van der Waals surface area contributed by atoms with Gasteiger partial charge >= 0.3 is 169 Å². The summed E-state index contributed by atoms with van der Waals surface area (Å²) in [6.07, 6.45) is 15.4. The van der Waals surface area contributed by atoms with Gasteiger partial charge in [0.2, 0.25) is 0 Å². The summed E-state index contributed by atoms with van der Waals surface area (Å²) in [5.74, 6) is 0. The van der Waals surface area contributed by atoms with Crippen LogP contribution in [0.2, 0.25) is 0 Å². The Balaban J connectivity index is 4.34. The third-order valence-corrected chi connectivity index (χ3v) is 7.48. The van der Waals surface area contributed by atoms with Gasteiger partial charge in [-0.25, -0.2) is 0 Å². The van der Waals surface area contributed by atoms with Gasteiger partial charge in [-0.2, -0.15) is 0 Å². The van der Waals surface area contributed by atoms with E-state index in [4.69, 9.17) is 11.0 Å². The summed E-state index contributed by atoms with van der Waals surface area (Å²) in [5, 5.41) is 0. The van der Waals surface area contributed by atoms with Crippen molar-refractivity contribution in [3.05, 3.63) is 0 Å². The zero-order chi connectivity index (χ0) is 20.3. The van der Waals surface area contributed by atoms with Crippen molar-refractivity contribution in [2.45, 2.75) is 117 Å². The van der Waals surface area contributed by atoms with Crippen molar-refractivity contribution in [3.8, 4) is 0 Å². The third kappa shape index (κ3) is 16.7. The number of hydrogen-bond donors (Lipinski definition) is 0. The van der Waals surface area contributed by atoms with E-state index in [2.05, 4.69) is 20.8 Å². The van der Waals surface area contributed by atoms with Crippen LogP contribution in [0.3, 0.4) is 0 Å². The summed E-state index contributed by atoms with van der Waals surface area (Å²) < 4.78 is 41.6. The first-order valence-corrected chi connectivity index (χ1v) is 14.3. The van der Waals surface area contributed by atoms with E-state index in [9.17, 15) is 7.35 Å². The van der Waals surface area contributed by atoms with E-state index in [-0.39, 0.29) is 19.8 Å². The van der Waals surface area contributed by atoms with Crippen molar-refractivity contribution in [2.24, 2.45) is 0 Å². The molecule has 0 radical (unpaired) electrons. The summed E-state index contributed by atoms with van der Waals surface area (Å²) in [4.78, 5) is 0. The fourth-order valence-corrected chi connectivity index (χ4v) is 5.22. The third-order valence-electron chi connectivity index (χ3n) is 4.65. The first-order valence-electron chi connectivity index (χ1n) is 11.4. The fourth-order valence-electron chi connectivity index (χ4n) is 2.87. The first kappa shape index (κ1) is 27.1. The normalized spacial score (nSPS) is 12.6. The van der Waals surface area contributed by atoms with Gasteiger partial charge in [-0.1, -0.05) is 0 Å². The van der Waals surface area contributed by atoms with E-state index in [1.54, 1.807) is 0 Å². The van der Waals surface area contributed by atoms with E-state index in [0.717, 1.165) is 77.0 Å². The molecule has 0 fully saturated rings. The maximum atomic E-state index is 12.9. The van der Waals surface area contributed by atoms with Crippen LogP contribution >= 0.6 is 0 Å². The van der Waals surface area contributed by atoms with Gasteiger partial charge < -0.3 is 0 Å². The average molecular weight is 429 g/mol. The van der Waals surface area contributed by atoms with Crippen LogP contribution in [0.25, 0.3) is 0 Å². The molecule has 0 saturated carbocycles. The predicted molar refractivity (Wildman–Crippen MR) is 106 cm³/mol. The minimum atomic E-state index is -6.04. The molecule has 0 aromatic carbocycles. The molecule has 0 aromatic heterocycles. The molecule has 0 aliphatic heterocycles. The maximum absolute atomic E-state index is 12.9. The van der Waals surface area contributed by atoms with Crippen LogP contribution in [0.5, 0.6) is 0 Å². The van der Waals surface area contributed by atoms with Gasteiger partial charge in [-0.3, -0.25) is 0 Å². The minimum absolute atomic E-state index is 0.161. The summed E-state index contributed by atoms with van der Waals surface area (Å²) in [5.41, 5.74) is 0. The molecule has 0 N–H and O–H groups in total. The molecule has 164 valence electrons. The van der Waals surface area contributed by atoms with Crippen molar-refractivity contribution in [1.82, 2.24) is 0 Å². The van der Waals surface area contributed by atoms with Gasteiger partial charge in [0.15, 0.2) is 0 Å². The van der Waals surface area contributed by atoms with E-state index in [0.29, 0.717) is 0 Å². The van der Waals surface area contributed by atoms with Crippen molar-refractivity contribution in [2.75, 3.05) is 19.8 Å². The van der Waals surface area contributed by atoms with Gasteiger partial charge in [-0.05, 0) is 0 Å². The van der Waals surface area contributed by atoms with Crippen LogP contribution in [-0.4, -0.2) is 19.8 Å². The monoisotopic (exact) mass is 428 g/mol. The van der Waals surface area contributed by atoms with Gasteiger partial charge in [0.05, 0.1) is 0 Å². The van der Waals surface area contributed by atoms with Gasteiger partial charge in [0.1, 0.15) is 0 Å². The van der Waals surface area contributed by atoms with E-state index < -0.39 is 13.8 Å². The molecule has 0 aliphatic carbocycles. The standard InChI is InChI=1S/3C7H15O.2O.V/c3*1-2-3-4-5-6-7-8;;;/h3*2-7H2,1H3;;;/q3*-1;;;+3. The molecule has 5 nitrogen and oxygen atoms in total. The predicted octanol–water partition coefficient (Wildman–Crippen LogP) is 7.07. The number of unbranched alkanes of at least 4 members (excludes halogenated alkanes) is 12. The van der Waals surface area contributed by atoms with Crippen LogP contribution in [0.1, 0.15) is 117 Å². The Morgan fingerprint density at radius 2 is 0.704 bits per heavy atom. The summed E-state index contributed by atoms with van der Waals surface area (Å²) in [7, 11) is 0. The molecule has 0 spiro atoms. The quantitative estimate of drug-likeness (QED) is 0.183. The zero-order valence-corrected chi connectivity index (χ0v) is 19.6. The molecule has 0 saturated heterocycles. The molecular formula is C21H45O5V. The van der Waals surface area contributed by atoms with Crippen LogP contribution in [-0.2, 0) is 32.2 Å². The van der Waals surface area contributed by atoms with Crippen molar-refractivity contribution in [3.63, 3.8) is 0 Å². The fraction of sp³-hybridized carbons (Fsp3) is 1.00. The molecule has 0 bridgehead atoms. The second-order valence-electron chi connectivity index (χ2n) is 7.49. The van der Waals surface area contributed by atoms with Gasteiger partial charge in [0, 0.05) is 0 Å². The Kier molecular flexibility index (Phi) is 17.0. The molecule has 0 aliphatic rings. The summed E-state index contributed by atoms with van der Waals surface area (Å²) >= 11 is -6.04. The van der Waals surface area contributed by atoms with Crippen LogP contribution in [0, 0.1) is 0 Å². The Hall–Kier alpha value is 0.0644. The Morgan fingerprint density at radius 1 is 0.444 bits per heavy atom. The average Bonchev–Trinajstić information content (AvgIpc) is 2.64. The molecular weight excluding hydrogens is 383 g/mol. The van der Waals surface area contributed by atoms with Crippen LogP contribution in [0.15, 0.2) is 0 Å². The molecule has 0 amide bonds. The molecule has 0 aromatic rings. The summed E-state index contributed by atoms with van der Waals surface area (Å²) in [6.45, 7) is 6.95. The van der Waals surface area contributed by atoms with Crippen molar-refractivity contribution < 1.29 is 32.2 Å². The van der Waals surface area contributed by atoms with Gasteiger partial charge in [-0.15, -0.1) is 0 Å². The molecule has 0 unspecified atom stereocenters. The molecule has 27 heavy (non-hydrogen) atoms. The Bertz CT molecular complexity index is 386. The number of hydrogen-bond acceptors (Lipinski definition) is 5. The number of rotatable bonds is 21. The Morgan fingerprint density at radius 3 is 0.963 bits per heavy atom. The SMILES string of the molecule is CCCCCCC[O][V](=[O])(=[O])([O]CCCCCCC)[O]CCCCCCC. The van der Waals surface area contributed by atoms with E-state index in [1.165, 1.54) is 19.3 Å². The second kappa shape index (κ2) is 17.0. The van der Waals surface area contributed by atoms with Crippen LogP contribution in [0.4, 0.5) is 0 Å². The van der Waals surface area contributed by atoms with Gasteiger partial charge in [0.25, 0.3) is 0 Å². The zero-order valence-electron chi connectivity index (χ0n) is 18.2. The van der Waals surface area contributed by atoms with E-state index in [1.807, 2.05) is 0 Å². The van der Waals surface area contributed by atoms with E-state index >= 15 is 0 Å². The molecule has 6 heteroatoms. The Labute approximate surface area is 169 Å². The van der Waals surface area contributed by atoms with Crippen molar-refractivity contribution >= 4 is 0 Å². The summed E-state index contributed by atoms with van der Waals surface area (Å²) in [6, 6.07) is 0. The topological polar surface area (TPSA) is 61.8 Å². The van der Waals surface area contributed by atoms with Crippen molar-refractivity contribution in [1.29, 1.82) is 0 Å². The molecule has 0 heterocycles. The molecule has 0 rings (SSSR count). The molecule has 0 atom stereocenters. The first-order chi connectivity index (χ1) is 13.0. The second-order valence-corrected chi connectivity index (χ2v) is 11.0.